The lowest BCUT2D eigenvalue weighted by atomic mass is 9.96. The van der Waals surface area contributed by atoms with Crippen molar-refractivity contribution in [2.75, 3.05) is 26.9 Å². The van der Waals surface area contributed by atoms with Crippen LogP contribution in [0.4, 0.5) is 0 Å². The number of allylic oxidation sites excluding steroid dienone is 1. The molecule has 1 atom stereocenters. The highest BCUT2D eigenvalue weighted by Gasteiger charge is 2.33. The monoisotopic (exact) mass is 570 g/mol. The molecule has 0 N–H and O–H groups in total. The summed E-state index contributed by atoms with van der Waals surface area (Å²) in [6.45, 7) is 4.56. The number of carbonyl (C=O) groups is 1. The standard InChI is InChI=1S/C32H30N2O6S/c1-4-38-31(36)28-21(2)33-32-34(29(28)23-12-16-24(37-3)17-13-23)30(35)27(41-32)20-22-10-14-26(15-11-22)40-19-18-39-25-8-6-5-7-9-25/h5-17,20,29H,4,18-19H2,1-3H3/b27-20+/t29-/m1/s1. The fraction of sp³-hybridized carbons (Fsp3) is 0.219. The van der Waals surface area contributed by atoms with Gasteiger partial charge < -0.3 is 18.9 Å². The first kappa shape index (κ1) is 27.9. The normalized spacial score (nSPS) is 14.7. The van der Waals surface area contributed by atoms with Crippen LogP contribution in [-0.2, 0) is 9.53 Å². The van der Waals surface area contributed by atoms with Gasteiger partial charge in [-0.05, 0) is 67.4 Å². The van der Waals surface area contributed by atoms with Crippen molar-refractivity contribution < 1.29 is 23.7 Å². The Balaban J connectivity index is 1.41. The third-order valence-electron chi connectivity index (χ3n) is 6.49. The van der Waals surface area contributed by atoms with Crippen LogP contribution < -0.4 is 29.1 Å². The molecule has 0 fully saturated rings. The molecule has 1 aliphatic rings. The second-order valence-electron chi connectivity index (χ2n) is 9.15. The topological polar surface area (TPSA) is 88.4 Å². The van der Waals surface area contributed by atoms with Gasteiger partial charge in [0.25, 0.3) is 5.56 Å². The summed E-state index contributed by atoms with van der Waals surface area (Å²) in [6.07, 6.45) is 1.82. The van der Waals surface area contributed by atoms with Gasteiger partial charge in [-0.15, -0.1) is 0 Å². The highest BCUT2D eigenvalue weighted by molar-refractivity contribution is 7.07. The van der Waals surface area contributed by atoms with Crippen molar-refractivity contribution in [3.05, 3.63) is 121 Å². The molecular formula is C32H30N2O6S. The maximum absolute atomic E-state index is 13.8. The molecule has 0 amide bonds. The molecule has 0 saturated carbocycles. The molecule has 0 saturated heterocycles. The summed E-state index contributed by atoms with van der Waals surface area (Å²) >= 11 is 1.28. The molecule has 0 bridgehead atoms. The van der Waals surface area contributed by atoms with E-state index in [-0.39, 0.29) is 12.2 Å². The van der Waals surface area contributed by atoms with Crippen LogP contribution in [0.2, 0.25) is 0 Å². The summed E-state index contributed by atoms with van der Waals surface area (Å²) in [5, 5.41) is 0. The van der Waals surface area contributed by atoms with Gasteiger partial charge in [-0.1, -0.05) is 53.8 Å². The molecule has 9 heteroatoms. The van der Waals surface area contributed by atoms with E-state index in [0.29, 0.717) is 45.3 Å². The van der Waals surface area contributed by atoms with E-state index in [2.05, 4.69) is 4.99 Å². The summed E-state index contributed by atoms with van der Waals surface area (Å²) in [4.78, 5) is 31.9. The highest BCUT2D eigenvalue weighted by atomic mass is 32.1. The lowest BCUT2D eigenvalue weighted by Gasteiger charge is -2.24. The van der Waals surface area contributed by atoms with Crippen molar-refractivity contribution in [1.82, 2.24) is 4.57 Å². The van der Waals surface area contributed by atoms with Crippen LogP contribution in [0.3, 0.4) is 0 Å². The van der Waals surface area contributed by atoms with E-state index >= 15 is 0 Å². The molecule has 0 radical (unpaired) electrons. The predicted molar refractivity (Wildman–Crippen MR) is 157 cm³/mol. The fourth-order valence-electron chi connectivity index (χ4n) is 4.54. The predicted octanol–water partition coefficient (Wildman–Crippen LogP) is 4.26. The van der Waals surface area contributed by atoms with E-state index in [1.165, 1.54) is 11.3 Å². The SMILES string of the molecule is CCOC(=O)C1=C(C)N=c2s/c(=C/c3ccc(OCCOc4ccccc4)cc3)c(=O)n2[C@@H]1c1ccc(OC)cc1. The van der Waals surface area contributed by atoms with Gasteiger partial charge in [0.05, 0.1) is 35.6 Å². The number of esters is 1. The van der Waals surface area contributed by atoms with Crippen LogP contribution in [0, 0.1) is 0 Å². The second-order valence-corrected chi connectivity index (χ2v) is 10.2. The Labute approximate surface area is 241 Å². The summed E-state index contributed by atoms with van der Waals surface area (Å²) in [5.41, 5.74) is 2.23. The molecule has 210 valence electrons. The number of hydrogen-bond donors (Lipinski definition) is 0. The van der Waals surface area contributed by atoms with Crippen molar-refractivity contribution in [2.24, 2.45) is 4.99 Å². The minimum atomic E-state index is -0.674. The molecule has 3 aromatic carbocycles. The van der Waals surface area contributed by atoms with Crippen molar-refractivity contribution in [2.45, 2.75) is 19.9 Å². The molecule has 1 aliphatic heterocycles. The van der Waals surface area contributed by atoms with E-state index in [4.69, 9.17) is 18.9 Å². The van der Waals surface area contributed by atoms with E-state index < -0.39 is 12.0 Å². The third-order valence-corrected chi connectivity index (χ3v) is 7.47. The number of benzene rings is 3. The van der Waals surface area contributed by atoms with Crippen LogP contribution in [0.25, 0.3) is 6.08 Å². The zero-order valence-corrected chi connectivity index (χ0v) is 23.9. The smallest absolute Gasteiger partial charge is 0.338 e. The molecular weight excluding hydrogens is 540 g/mol. The first-order chi connectivity index (χ1) is 20.0. The van der Waals surface area contributed by atoms with Gasteiger partial charge in [-0.25, -0.2) is 9.79 Å². The number of methoxy groups -OCH3 is 1. The lowest BCUT2D eigenvalue weighted by molar-refractivity contribution is -0.139. The van der Waals surface area contributed by atoms with Gasteiger partial charge in [-0.2, -0.15) is 0 Å². The number of aromatic nitrogens is 1. The fourth-order valence-corrected chi connectivity index (χ4v) is 5.59. The summed E-state index contributed by atoms with van der Waals surface area (Å²) < 4.78 is 24.2. The average Bonchev–Trinajstić information content (AvgIpc) is 3.30. The Hall–Kier alpha value is -4.63. The number of hydrogen-bond acceptors (Lipinski definition) is 8. The largest absolute Gasteiger partial charge is 0.497 e. The molecule has 2 heterocycles. The molecule has 5 rings (SSSR count). The number of carbonyl (C=O) groups excluding carboxylic acids is 1. The van der Waals surface area contributed by atoms with Crippen LogP contribution in [0.15, 0.2) is 99.9 Å². The van der Waals surface area contributed by atoms with Gasteiger partial charge in [0, 0.05) is 0 Å². The van der Waals surface area contributed by atoms with Crippen molar-refractivity contribution in [3.63, 3.8) is 0 Å². The van der Waals surface area contributed by atoms with Crippen molar-refractivity contribution >= 4 is 23.4 Å². The van der Waals surface area contributed by atoms with Crippen molar-refractivity contribution in [3.8, 4) is 17.2 Å². The van der Waals surface area contributed by atoms with E-state index in [1.54, 1.807) is 37.7 Å². The Kier molecular flexibility index (Phi) is 8.64. The Bertz CT molecular complexity index is 1720. The highest BCUT2D eigenvalue weighted by Crippen LogP contribution is 2.31. The number of rotatable bonds is 10. The number of thiazole rings is 1. The molecule has 0 spiro atoms. The number of para-hydroxylation sites is 1. The first-order valence-corrected chi connectivity index (χ1v) is 14.0. The van der Waals surface area contributed by atoms with Gasteiger partial charge in [0.15, 0.2) is 4.80 Å². The van der Waals surface area contributed by atoms with Gasteiger partial charge in [-0.3, -0.25) is 9.36 Å². The first-order valence-electron chi connectivity index (χ1n) is 13.2. The summed E-state index contributed by atoms with van der Waals surface area (Å²) in [7, 11) is 1.59. The second kappa shape index (κ2) is 12.7. The Morgan fingerprint density at radius 1 is 0.927 bits per heavy atom. The number of nitrogens with zero attached hydrogens (tertiary/aromatic N) is 2. The maximum atomic E-state index is 13.8. The quantitative estimate of drug-likeness (QED) is 0.209. The lowest BCUT2D eigenvalue weighted by Crippen LogP contribution is -2.39. The number of ether oxygens (including phenoxy) is 4. The molecule has 41 heavy (non-hydrogen) atoms. The molecule has 1 aromatic heterocycles. The van der Waals surface area contributed by atoms with E-state index in [9.17, 15) is 9.59 Å². The molecule has 4 aromatic rings. The Morgan fingerprint density at radius 2 is 1.56 bits per heavy atom. The van der Waals surface area contributed by atoms with Gasteiger partial charge in [0.2, 0.25) is 0 Å². The van der Waals surface area contributed by atoms with Gasteiger partial charge >= 0.3 is 5.97 Å². The van der Waals surface area contributed by atoms with Gasteiger partial charge in [0.1, 0.15) is 30.5 Å². The third kappa shape index (κ3) is 6.25. The van der Waals surface area contributed by atoms with Crippen LogP contribution in [0.5, 0.6) is 17.2 Å². The minimum absolute atomic E-state index is 0.217. The van der Waals surface area contributed by atoms with Crippen LogP contribution in [0.1, 0.15) is 31.0 Å². The minimum Gasteiger partial charge on any atom is -0.497 e. The maximum Gasteiger partial charge on any atom is 0.338 e. The van der Waals surface area contributed by atoms with E-state index in [0.717, 1.165) is 16.9 Å². The van der Waals surface area contributed by atoms with Crippen LogP contribution >= 0.6 is 11.3 Å². The number of fused-ring (bicyclic) bond motifs is 1. The molecule has 0 unspecified atom stereocenters. The average molecular weight is 571 g/mol. The zero-order chi connectivity index (χ0) is 28.8. The Morgan fingerprint density at radius 3 is 2.20 bits per heavy atom. The summed E-state index contributed by atoms with van der Waals surface area (Å²) in [6, 6.07) is 23.7. The molecule has 8 nitrogen and oxygen atoms in total. The van der Waals surface area contributed by atoms with Crippen molar-refractivity contribution in [1.29, 1.82) is 0 Å². The summed E-state index contributed by atoms with van der Waals surface area (Å²) in [5.74, 6) is 1.69. The molecule has 0 aliphatic carbocycles. The zero-order valence-electron chi connectivity index (χ0n) is 23.0. The van der Waals surface area contributed by atoms with E-state index in [1.807, 2.05) is 72.8 Å². The van der Waals surface area contributed by atoms with Crippen LogP contribution in [-0.4, -0.2) is 37.5 Å².